The first-order valence-electron chi connectivity index (χ1n) is 5.93. The minimum Gasteiger partial charge on any atom is -0.348 e. The third kappa shape index (κ3) is 2.59. The van der Waals surface area contributed by atoms with E-state index in [2.05, 4.69) is 15.3 Å². The van der Waals surface area contributed by atoms with Crippen molar-refractivity contribution in [1.82, 2.24) is 15.3 Å². The lowest BCUT2D eigenvalue weighted by molar-refractivity contribution is -0.125. The fourth-order valence-corrected chi connectivity index (χ4v) is 1.77. The predicted molar refractivity (Wildman–Crippen MR) is 69.9 cm³/mol. The number of nitrogens with zero attached hydrogens (tertiary/aromatic N) is 1. The molecular formula is C14H17N3O. The quantitative estimate of drug-likeness (QED) is 0.863. The van der Waals surface area contributed by atoms with Gasteiger partial charge in [-0.15, -0.1) is 0 Å². The van der Waals surface area contributed by atoms with Crippen LogP contribution in [0.1, 0.15) is 25.2 Å². The highest BCUT2D eigenvalue weighted by Crippen LogP contribution is 2.22. The second kappa shape index (κ2) is 5.04. The number of hydrogen-bond acceptors (Lipinski definition) is 2. The van der Waals surface area contributed by atoms with Crippen LogP contribution in [0.5, 0.6) is 0 Å². The molecule has 0 aliphatic carbocycles. The fraction of sp³-hybridized carbons (Fsp3) is 0.286. The molecule has 1 aromatic carbocycles. The van der Waals surface area contributed by atoms with Gasteiger partial charge in [-0.3, -0.25) is 4.79 Å². The van der Waals surface area contributed by atoms with E-state index >= 15 is 0 Å². The highest BCUT2D eigenvalue weighted by Gasteiger charge is 2.29. The molecule has 0 unspecified atom stereocenters. The molecule has 94 valence electrons. The molecule has 0 aliphatic heterocycles. The number of carbonyl (C=O) groups is 1. The van der Waals surface area contributed by atoms with Gasteiger partial charge in [-0.2, -0.15) is 0 Å². The van der Waals surface area contributed by atoms with Crippen molar-refractivity contribution in [3.63, 3.8) is 0 Å². The molecule has 0 atom stereocenters. The van der Waals surface area contributed by atoms with E-state index in [1.807, 2.05) is 44.2 Å². The van der Waals surface area contributed by atoms with Crippen molar-refractivity contribution >= 4 is 5.91 Å². The second-order valence-electron chi connectivity index (χ2n) is 4.71. The first-order valence-corrected chi connectivity index (χ1v) is 5.93. The van der Waals surface area contributed by atoms with Gasteiger partial charge in [-0.1, -0.05) is 30.3 Å². The molecule has 4 nitrogen and oxygen atoms in total. The van der Waals surface area contributed by atoms with E-state index in [9.17, 15) is 4.79 Å². The van der Waals surface area contributed by atoms with E-state index in [-0.39, 0.29) is 5.91 Å². The Morgan fingerprint density at radius 1 is 1.33 bits per heavy atom. The molecule has 4 heteroatoms. The highest BCUT2D eigenvalue weighted by atomic mass is 16.2. The molecule has 0 aliphatic rings. The topological polar surface area (TPSA) is 57.8 Å². The van der Waals surface area contributed by atoms with Gasteiger partial charge in [0.05, 0.1) is 12.0 Å². The van der Waals surface area contributed by atoms with Gasteiger partial charge in [-0.05, 0) is 19.4 Å². The van der Waals surface area contributed by atoms with Gasteiger partial charge in [0.25, 0.3) is 0 Å². The second-order valence-corrected chi connectivity index (χ2v) is 4.71. The Morgan fingerprint density at radius 3 is 2.67 bits per heavy atom. The third-order valence-electron chi connectivity index (χ3n) is 3.03. The Morgan fingerprint density at radius 2 is 2.06 bits per heavy atom. The summed E-state index contributed by atoms with van der Waals surface area (Å²) in [4.78, 5) is 19.2. The number of aromatic amines is 1. The maximum absolute atomic E-state index is 12.2. The maximum Gasteiger partial charge on any atom is 0.230 e. The van der Waals surface area contributed by atoms with Gasteiger partial charge >= 0.3 is 0 Å². The summed E-state index contributed by atoms with van der Waals surface area (Å²) in [6.07, 6.45) is 3.41. The van der Waals surface area contributed by atoms with Gasteiger partial charge < -0.3 is 10.3 Å². The van der Waals surface area contributed by atoms with Gasteiger partial charge in [0.2, 0.25) is 5.91 Å². The molecule has 1 heterocycles. The van der Waals surface area contributed by atoms with Crippen LogP contribution in [0.4, 0.5) is 0 Å². The lowest BCUT2D eigenvalue weighted by Gasteiger charge is -2.23. The van der Waals surface area contributed by atoms with Gasteiger partial charge in [0.15, 0.2) is 0 Å². The number of nitrogens with one attached hydrogen (secondary N) is 2. The van der Waals surface area contributed by atoms with Crippen molar-refractivity contribution < 1.29 is 4.79 Å². The Balaban J connectivity index is 2.04. The summed E-state index contributed by atoms with van der Waals surface area (Å²) in [5.41, 5.74) is 0.454. The predicted octanol–water partition coefficient (Wildman–Crippen LogP) is 2.00. The number of rotatable bonds is 4. The minimum absolute atomic E-state index is 0.00917. The summed E-state index contributed by atoms with van der Waals surface area (Å²) in [5, 5.41) is 2.89. The van der Waals surface area contributed by atoms with Gasteiger partial charge in [-0.25, -0.2) is 4.98 Å². The molecule has 2 N–H and O–H groups in total. The number of imidazole rings is 1. The lowest BCUT2D eigenvalue weighted by Crippen LogP contribution is -2.39. The number of H-pyrrole nitrogens is 1. The fourth-order valence-electron chi connectivity index (χ4n) is 1.77. The number of amides is 1. The van der Waals surface area contributed by atoms with Crippen LogP contribution >= 0.6 is 0 Å². The Labute approximate surface area is 106 Å². The Hall–Kier alpha value is -2.10. The van der Waals surface area contributed by atoms with E-state index in [0.29, 0.717) is 6.54 Å². The number of hydrogen-bond donors (Lipinski definition) is 2. The number of aromatic nitrogens is 2. The van der Waals surface area contributed by atoms with Crippen molar-refractivity contribution in [2.75, 3.05) is 0 Å². The van der Waals surface area contributed by atoms with Crippen LogP contribution < -0.4 is 5.32 Å². The summed E-state index contributed by atoms with van der Waals surface area (Å²) in [5.74, 6) is 0.748. The Kier molecular flexibility index (Phi) is 3.46. The van der Waals surface area contributed by atoms with Crippen LogP contribution in [0.15, 0.2) is 42.7 Å². The van der Waals surface area contributed by atoms with E-state index in [0.717, 1.165) is 11.4 Å². The van der Waals surface area contributed by atoms with Crippen molar-refractivity contribution in [3.8, 4) is 0 Å². The third-order valence-corrected chi connectivity index (χ3v) is 3.03. The highest BCUT2D eigenvalue weighted by molar-refractivity contribution is 5.87. The van der Waals surface area contributed by atoms with Gasteiger partial charge in [0.1, 0.15) is 5.82 Å². The number of benzene rings is 1. The van der Waals surface area contributed by atoms with Crippen molar-refractivity contribution in [2.45, 2.75) is 25.8 Å². The molecule has 1 aromatic heterocycles. The lowest BCUT2D eigenvalue weighted by atomic mass is 9.84. The maximum atomic E-state index is 12.2. The smallest absolute Gasteiger partial charge is 0.230 e. The molecule has 18 heavy (non-hydrogen) atoms. The van der Waals surface area contributed by atoms with Crippen molar-refractivity contribution in [2.24, 2.45) is 0 Å². The van der Waals surface area contributed by atoms with E-state index < -0.39 is 5.41 Å². The molecule has 0 saturated heterocycles. The molecule has 0 spiro atoms. The monoisotopic (exact) mass is 243 g/mol. The largest absolute Gasteiger partial charge is 0.348 e. The average Bonchev–Trinajstić information content (AvgIpc) is 2.90. The molecule has 0 saturated carbocycles. The molecule has 0 fully saturated rings. The van der Waals surface area contributed by atoms with Crippen LogP contribution in [0.2, 0.25) is 0 Å². The SMILES string of the molecule is CC(C)(C(=O)NCc1ncc[nH]1)c1ccccc1. The average molecular weight is 243 g/mol. The Bertz CT molecular complexity index is 503. The molecule has 0 radical (unpaired) electrons. The van der Waals surface area contributed by atoms with Crippen molar-refractivity contribution in [1.29, 1.82) is 0 Å². The molecule has 2 rings (SSSR count). The van der Waals surface area contributed by atoms with Crippen LogP contribution in [0.3, 0.4) is 0 Å². The summed E-state index contributed by atoms with van der Waals surface area (Å²) in [7, 11) is 0. The molecule has 1 amide bonds. The van der Waals surface area contributed by atoms with E-state index in [4.69, 9.17) is 0 Å². The van der Waals surface area contributed by atoms with Crippen LogP contribution in [-0.2, 0) is 16.8 Å². The number of carbonyl (C=O) groups excluding carboxylic acids is 1. The van der Waals surface area contributed by atoms with Crippen molar-refractivity contribution in [3.05, 3.63) is 54.1 Å². The van der Waals surface area contributed by atoms with Gasteiger partial charge in [0, 0.05) is 12.4 Å². The molecule has 0 bridgehead atoms. The summed E-state index contributed by atoms with van der Waals surface area (Å²) >= 11 is 0. The summed E-state index contributed by atoms with van der Waals surface area (Å²) in [6.45, 7) is 4.25. The van der Waals surface area contributed by atoms with E-state index in [1.165, 1.54) is 0 Å². The van der Waals surface area contributed by atoms with Crippen LogP contribution in [-0.4, -0.2) is 15.9 Å². The normalized spacial score (nSPS) is 11.2. The first-order chi connectivity index (χ1) is 8.60. The summed E-state index contributed by atoms with van der Waals surface area (Å²) in [6, 6.07) is 9.76. The van der Waals surface area contributed by atoms with Crippen LogP contribution in [0, 0.1) is 0 Å². The minimum atomic E-state index is -0.548. The summed E-state index contributed by atoms with van der Waals surface area (Å²) < 4.78 is 0. The zero-order valence-electron chi connectivity index (χ0n) is 10.6. The molecule has 2 aromatic rings. The van der Waals surface area contributed by atoms with Crippen LogP contribution in [0.25, 0.3) is 0 Å². The standard InChI is InChI=1S/C14H17N3O/c1-14(2,11-6-4-3-5-7-11)13(18)17-10-12-15-8-9-16-12/h3-9H,10H2,1-2H3,(H,15,16)(H,17,18). The van der Waals surface area contributed by atoms with E-state index in [1.54, 1.807) is 12.4 Å². The zero-order valence-corrected chi connectivity index (χ0v) is 10.6. The molecular weight excluding hydrogens is 226 g/mol. The first kappa shape index (κ1) is 12.4. The zero-order chi connectivity index (χ0) is 13.0.